The van der Waals surface area contributed by atoms with Crippen LogP contribution in [-0.4, -0.2) is 45.4 Å². The Hall–Kier alpha value is -2.54. The van der Waals surface area contributed by atoms with Crippen LogP contribution < -0.4 is 5.48 Å². The molecule has 0 radical (unpaired) electrons. The summed E-state index contributed by atoms with van der Waals surface area (Å²) in [5, 5.41) is 9.88. The van der Waals surface area contributed by atoms with Gasteiger partial charge in [-0.05, 0) is 63.1 Å². The van der Waals surface area contributed by atoms with Crippen LogP contribution in [0.4, 0.5) is 4.79 Å². The van der Waals surface area contributed by atoms with E-state index in [1.165, 1.54) is 0 Å². The number of likely N-dealkylation sites (tertiary alicyclic amines) is 1. The van der Waals surface area contributed by atoms with E-state index in [9.17, 15) is 9.59 Å². The van der Waals surface area contributed by atoms with Gasteiger partial charge < -0.3 is 14.2 Å². The van der Waals surface area contributed by atoms with E-state index in [0.29, 0.717) is 24.6 Å². The summed E-state index contributed by atoms with van der Waals surface area (Å²) in [5.41, 5.74) is 2.58. The van der Waals surface area contributed by atoms with Crippen LogP contribution in [-0.2, 0) is 11.3 Å². The number of piperidine rings is 1. The molecule has 0 atom stereocenters. The molecule has 0 unspecified atom stereocenters. The van der Waals surface area contributed by atoms with E-state index in [2.05, 4.69) is 4.57 Å². The first-order valence-corrected chi connectivity index (χ1v) is 9.28. The predicted octanol–water partition coefficient (Wildman–Crippen LogP) is 3.41. The summed E-state index contributed by atoms with van der Waals surface area (Å²) < 4.78 is 7.58. The maximum absolute atomic E-state index is 12.2. The minimum atomic E-state index is -0.518. The molecular weight excluding hydrogens is 346 g/mol. The number of hydrogen-bond acceptors (Lipinski definition) is 4. The zero-order chi connectivity index (χ0) is 19.6. The van der Waals surface area contributed by atoms with Crippen molar-refractivity contribution in [1.82, 2.24) is 14.9 Å². The molecule has 1 aliphatic heterocycles. The molecule has 2 N–H and O–H groups in total. The second-order valence-electron chi connectivity index (χ2n) is 8.09. The number of nitrogens with one attached hydrogen (secondary N) is 1. The van der Waals surface area contributed by atoms with Crippen LogP contribution in [0, 0.1) is 5.92 Å². The Balaban J connectivity index is 1.64. The van der Waals surface area contributed by atoms with Crippen molar-refractivity contribution in [3.05, 3.63) is 36.0 Å². The van der Waals surface area contributed by atoms with Gasteiger partial charge in [0, 0.05) is 36.9 Å². The fourth-order valence-corrected chi connectivity index (χ4v) is 3.45. The third kappa shape index (κ3) is 4.60. The molecule has 2 heterocycles. The number of hydroxylamine groups is 1. The van der Waals surface area contributed by atoms with E-state index in [1.54, 1.807) is 22.5 Å². The Morgan fingerprint density at radius 3 is 2.56 bits per heavy atom. The number of ether oxygens (including phenoxy) is 1. The van der Waals surface area contributed by atoms with Gasteiger partial charge in [-0.25, -0.2) is 10.3 Å². The number of carbonyl (C=O) groups is 2. The quantitative estimate of drug-likeness (QED) is 0.638. The number of benzene rings is 1. The summed E-state index contributed by atoms with van der Waals surface area (Å²) in [6.07, 6.45) is 3.60. The van der Waals surface area contributed by atoms with Crippen molar-refractivity contribution in [2.75, 3.05) is 13.1 Å². The molecule has 146 valence electrons. The van der Waals surface area contributed by atoms with E-state index in [1.807, 2.05) is 39.1 Å². The highest BCUT2D eigenvalue weighted by Crippen LogP contribution is 2.24. The summed E-state index contributed by atoms with van der Waals surface area (Å²) >= 11 is 0. The van der Waals surface area contributed by atoms with Crippen molar-refractivity contribution in [2.24, 2.45) is 5.92 Å². The molecule has 1 aromatic heterocycles. The molecule has 0 aliphatic carbocycles. The van der Waals surface area contributed by atoms with Gasteiger partial charge >= 0.3 is 6.09 Å². The lowest BCUT2D eigenvalue weighted by atomic mass is 9.97. The van der Waals surface area contributed by atoms with Crippen molar-refractivity contribution in [2.45, 2.75) is 45.8 Å². The molecule has 0 bridgehead atoms. The van der Waals surface area contributed by atoms with Crippen molar-refractivity contribution in [3.63, 3.8) is 0 Å². The molecule has 2 aromatic rings. The average molecular weight is 373 g/mol. The van der Waals surface area contributed by atoms with E-state index in [0.717, 1.165) is 30.3 Å². The summed E-state index contributed by atoms with van der Waals surface area (Å²) in [5.74, 6) is -0.0649. The molecule has 1 fully saturated rings. The highest BCUT2D eigenvalue weighted by atomic mass is 16.6. The summed E-state index contributed by atoms with van der Waals surface area (Å²) in [6.45, 7) is 7.84. The molecule has 3 rings (SSSR count). The fraction of sp³-hybridized carbons (Fsp3) is 0.500. The molecular formula is C20H27N3O4. The van der Waals surface area contributed by atoms with Gasteiger partial charge in [0.1, 0.15) is 5.60 Å². The van der Waals surface area contributed by atoms with Crippen LogP contribution in [0.5, 0.6) is 0 Å². The predicted molar refractivity (Wildman–Crippen MR) is 102 cm³/mol. The van der Waals surface area contributed by atoms with Crippen LogP contribution in [0.1, 0.15) is 44.0 Å². The van der Waals surface area contributed by atoms with E-state index in [-0.39, 0.29) is 6.09 Å². The highest BCUT2D eigenvalue weighted by molar-refractivity contribution is 5.97. The topological polar surface area (TPSA) is 83.8 Å². The van der Waals surface area contributed by atoms with Crippen LogP contribution in [0.15, 0.2) is 30.5 Å². The van der Waals surface area contributed by atoms with Gasteiger partial charge in [-0.3, -0.25) is 10.0 Å². The number of rotatable bonds is 3. The van der Waals surface area contributed by atoms with Crippen LogP contribution >= 0.6 is 0 Å². The first-order valence-electron chi connectivity index (χ1n) is 9.28. The Labute approximate surface area is 158 Å². The zero-order valence-corrected chi connectivity index (χ0v) is 16.1. The smallest absolute Gasteiger partial charge is 0.410 e. The van der Waals surface area contributed by atoms with Gasteiger partial charge in [-0.2, -0.15) is 0 Å². The molecule has 27 heavy (non-hydrogen) atoms. The monoisotopic (exact) mass is 373 g/mol. The maximum atomic E-state index is 12.2. The lowest BCUT2D eigenvalue weighted by Crippen LogP contribution is -2.42. The largest absolute Gasteiger partial charge is 0.444 e. The van der Waals surface area contributed by atoms with Gasteiger partial charge in [0.25, 0.3) is 5.91 Å². The number of amides is 2. The van der Waals surface area contributed by atoms with Gasteiger partial charge in [0.2, 0.25) is 0 Å². The lowest BCUT2D eigenvalue weighted by Gasteiger charge is -2.33. The molecule has 7 nitrogen and oxygen atoms in total. The molecule has 1 aromatic carbocycles. The third-order valence-electron chi connectivity index (χ3n) is 4.86. The number of carbonyl (C=O) groups excluding carboxylic acids is 2. The Morgan fingerprint density at radius 1 is 1.22 bits per heavy atom. The van der Waals surface area contributed by atoms with Gasteiger partial charge in [0.05, 0.1) is 0 Å². The second kappa shape index (κ2) is 7.60. The normalized spacial score (nSPS) is 15.8. The number of aromatic nitrogens is 1. The van der Waals surface area contributed by atoms with E-state index >= 15 is 0 Å². The highest BCUT2D eigenvalue weighted by Gasteiger charge is 2.27. The van der Waals surface area contributed by atoms with Crippen LogP contribution in [0.3, 0.4) is 0 Å². The summed E-state index contributed by atoms with van der Waals surface area (Å²) in [7, 11) is 0. The first kappa shape index (κ1) is 19.2. The second-order valence-corrected chi connectivity index (χ2v) is 8.09. The molecule has 0 spiro atoms. The molecule has 1 aliphatic rings. The third-order valence-corrected chi connectivity index (χ3v) is 4.86. The molecule has 0 saturated carbocycles. The van der Waals surface area contributed by atoms with Crippen molar-refractivity contribution < 1.29 is 19.5 Å². The first-order chi connectivity index (χ1) is 12.8. The molecule has 1 saturated heterocycles. The molecule has 7 heteroatoms. The Kier molecular flexibility index (Phi) is 5.41. The Bertz CT molecular complexity index is 829. The minimum Gasteiger partial charge on any atom is -0.444 e. The van der Waals surface area contributed by atoms with Gasteiger partial charge in [-0.1, -0.05) is 6.07 Å². The van der Waals surface area contributed by atoms with E-state index in [4.69, 9.17) is 9.94 Å². The zero-order valence-electron chi connectivity index (χ0n) is 16.1. The average Bonchev–Trinajstić information content (AvgIpc) is 3.02. The van der Waals surface area contributed by atoms with Crippen LogP contribution in [0.2, 0.25) is 0 Å². The van der Waals surface area contributed by atoms with Crippen molar-refractivity contribution in [3.8, 4) is 0 Å². The number of nitrogens with zero attached hydrogens (tertiary/aromatic N) is 2. The minimum absolute atomic E-state index is 0.243. The SMILES string of the molecule is CC(C)(C)OC(=O)N1CCC(Cn2ccc3ccc(C(=O)NO)cc32)CC1. The Morgan fingerprint density at radius 2 is 1.93 bits per heavy atom. The number of hydrogen-bond donors (Lipinski definition) is 2. The van der Waals surface area contributed by atoms with Crippen LogP contribution in [0.25, 0.3) is 10.9 Å². The maximum Gasteiger partial charge on any atom is 0.410 e. The van der Waals surface area contributed by atoms with Gasteiger partial charge in [-0.15, -0.1) is 0 Å². The standard InChI is InChI=1S/C20H27N3O4/c1-20(2,3)27-19(25)22-9-6-14(7-10-22)13-23-11-8-15-4-5-16(12-17(15)23)18(24)21-26/h4-5,8,11-12,14,26H,6-7,9-10,13H2,1-3H3,(H,21,24). The lowest BCUT2D eigenvalue weighted by molar-refractivity contribution is 0.0178. The number of fused-ring (bicyclic) bond motifs is 1. The summed E-state index contributed by atoms with van der Waals surface area (Å²) in [6, 6.07) is 7.38. The molecule has 2 amide bonds. The van der Waals surface area contributed by atoms with Crippen molar-refractivity contribution in [1.29, 1.82) is 0 Å². The van der Waals surface area contributed by atoms with Gasteiger partial charge in [0.15, 0.2) is 0 Å². The van der Waals surface area contributed by atoms with E-state index < -0.39 is 11.5 Å². The van der Waals surface area contributed by atoms with Crippen molar-refractivity contribution >= 4 is 22.9 Å². The fourth-order valence-electron chi connectivity index (χ4n) is 3.45. The summed E-state index contributed by atoms with van der Waals surface area (Å²) in [4.78, 5) is 25.6.